The van der Waals surface area contributed by atoms with Crippen molar-refractivity contribution < 1.29 is 18.1 Å². The minimum Gasteiger partial charge on any atom is -0.506 e. The fraction of sp³-hybridized carbons (Fsp3) is 0. The summed E-state index contributed by atoms with van der Waals surface area (Å²) in [6.45, 7) is 0. The quantitative estimate of drug-likeness (QED) is 0.500. The monoisotopic (exact) mass is 197 g/mol. The van der Waals surface area contributed by atoms with E-state index in [-0.39, 0.29) is 29.6 Å². The normalized spacial score (nSPS) is 10.4. The average Bonchev–Trinajstić information content (AvgIpc) is 1.86. The Morgan fingerprint density at radius 2 is 1.67 bits per heavy atom. The van der Waals surface area contributed by atoms with Gasteiger partial charge in [-0.05, 0) is 12.1 Å². The molecule has 0 heterocycles. The van der Waals surface area contributed by atoms with Gasteiger partial charge in [0.15, 0.2) is 0 Å². The predicted molar refractivity (Wildman–Crippen MR) is 43.7 cm³/mol. The molecule has 0 amide bonds. The van der Waals surface area contributed by atoms with Gasteiger partial charge in [0.1, 0.15) is 10.6 Å². The van der Waals surface area contributed by atoms with Crippen molar-refractivity contribution in [2.75, 3.05) is 0 Å². The number of rotatable bonds is 1. The van der Waals surface area contributed by atoms with Crippen LogP contribution in [-0.2, 0) is 10.1 Å². The number of hydrogen-bond acceptors (Lipinski definition) is 3. The van der Waals surface area contributed by atoms with E-state index in [0.29, 0.717) is 0 Å². The van der Waals surface area contributed by atoms with Gasteiger partial charge in [0.2, 0.25) is 0 Å². The fourth-order valence-electron chi connectivity index (χ4n) is 0.675. The predicted octanol–water partition coefficient (Wildman–Crippen LogP) is 0.258. The third-order valence-corrected chi connectivity index (χ3v) is 2.04. The zero-order valence-electron chi connectivity index (χ0n) is 6.43. The van der Waals surface area contributed by atoms with Gasteiger partial charge in [-0.25, -0.2) is 0 Å². The van der Waals surface area contributed by atoms with Crippen LogP contribution < -0.4 is 0 Å². The molecule has 0 aliphatic heterocycles. The number of phenols is 1. The molecule has 0 aliphatic rings. The van der Waals surface area contributed by atoms with Crippen LogP contribution in [0, 0.1) is 0 Å². The van der Waals surface area contributed by atoms with Crippen molar-refractivity contribution in [1.29, 1.82) is 0 Å². The van der Waals surface area contributed by atoms with Crippen LogP contribution in [0.3, 0.4) is 0 Å². The summed E-state index contributed by atoms with van der Waals surface area (Å²) in [6, 6.07) is 5.17. The molecule has 0 atom stereocenters. The first-order valence-corrected chi connectivity index (χ1v) is 4.21. The first-order chi connectivity index (χ1) is 5.02. The van der Waals surface area contributed by atoms with Gasteiger partial charge in [-0.2, -0.15) is 8.42 Å². The van der Waals surface area contributed by atoms with Crippen molar-refractivity contribution in [2.24, 2.45) is 0 Å². The largest absolute Gasteiger partial charge is 0.506 e. The molecule has 0 bridgehead atoms. The molecule has 0 saturated carbocycles. The molecule has 1 aromatic rings. The Hall–Kier alpha value is -0.0700. The molecule has 0 spiro atoms. The van der Waals surface area contributed by atoms with E-state index in [4.69, 9.17) is 9.66 Å². The summed E-state index contributed by atoms with van der Waals surface area (Å²) < 4.78 is 29.4. The Labute approximate surface area is 92.3 Å². The summed E-state index contributed by atoms with van der Waals surface area (Å²) in [5.41, 5.74) is 0. The molecule has 0 saturated heterocycles. The summed E-state index contributed by atoms with van der Waals surface area (Å²) in [5, 5.41) is 8.91. The van der Waals surface area contributed by atoms with E-state index in [1.165, 1.54) is 18.2 Å². The molecule has 0 aromatic heterocycles. The van der Waals surface area contributed by atoms with Gasteiger partial charge in [-0.15, -0.1) is 0 Å². The molecule has 4 nitrogen and oxygen atoms in total. The topological polar surface area (TPSA) is 74.6 Å². The Kier molecular flexibility index (Phi) is 4.22. The molecule has 6 heteroatoms. The molecule has 0 unspecified atom stereocenters. The van der Waals surface area contributed by atoms with Gasteiger partial charge in [0.05, 0.1) is 0 Å². The van der Waals surface area contributed by atoms with Crippen molar-refractivity contribution in [2.45, 2.75) is 4.90 Å². The van der Waals surface area contributed by atoms with E-state index in [9.17, 15) is 8.42 Å². The maximum atomic E-state index is 10.4. The maximum Gasteiger partial charge on any atom is 0.298 e. The van der Waals surface area contributed by atoms with E-state index < -0.39 is 20.8 Å². The van der Waals surface area contributed by atoms with Gasteiger partial charge < -0.3 is 5.11 Å². The van der Waals surface area contributed by atoms with Crippen LogP contribution in [-0.4, -0.2) is 47.6 Å². The van der Waals surface area contributed by atoms with E-state index in [0.717, 1.165) is 6.07 Å². The van der Waals surface area contributed by atoms with Crippen LogP contribution in [0.1, 0.15) is 0 Å². The molecule has 0 fully saturated rings. The van der Waals surface area contributed by atoms with Gasteiger partial charge in [0, 0.05) is 29.6 Å². The molecule has 0 aliphatic carbocycles. The Morgan fingerprint density at radius 1 is 1.17 bits per heavy atom. The SMILES string of the molecule is O=S(=O)(O)c1ccccc1O.[Na]. The number of benzene rings is 1. The van der Waals surface area contributed by atoms with Crippen molar-refractivity contribution in [1.82, 2.24) is 0 Å². The van der Waals surface area contributed by atoms with Crippen LogP contribution >= 0.6 is 0 Å². The van der Waals surface area contributed by atoms with Crippen molar-refractivity contribution in [3.8, 4) is 5.75 Å². The first-order valence-electron chi connectivity index (χ1n) is 2.77. The van der Waals surface area contributed by atoms with Crippen molar-refractivity contribution >= 4 is 39.7 Å². The van der Waals surface area contributed by atoms with Crippen LogP contribution in [0.2, 0.25) is 0 Å². The Balaban J connectivity index is 0.00000121. The van der Waals surface area contributed by atoms with Crippen LogP contribution in [0.15, 0.2) is 29.2 Å². The van der Waals surface area contributed by atoms with E-state index in [2.05, 4.69) is 0 Å². The molecular weight excluding hydrogens is 191 g/mol. The molecule has 12 heavy (non-hydrogen) atoms. The van der Waals surface area contributed by atoms with Gasteiger partial charge in [-0.3, -0.25) is 4.55 Å². The molecule has 1 radical (unpaired) electrons. The summed E-state index contributed by atoms with van der Waals surface area (Å²) in [4.78, 5) is -0.472. The number of hydrogen-bond donors (Lipinski definition) is 2. The fourth-order valence-corrected chi connectivity index (χ4v) is 1.26. The zero-order chi connectivity index (χ0) is 8.48. The zero-order valence-corrected chi connectivity index (χ0v) is 9.25. The maximum absolute atomic E-state index is 10.4. The molecule has 1 rings (SSSR count). The molecular formula is C6H6NaO4S. The summed E-state index contributed by atoms with van der Waals surface area (Å²) in [7, 11) is -4.28. The second kappa shape index (κ2) is 4.25. The van der Waals surface area contributed by atoms with Crippen LogP contribution in [0.4, 0.5) is 0 Å². The molecule has 1 aromatic carbocycles. The van der Waals surface area contributed by atoms with Gasteiger partial charge in [-0.1, -0.05) is 12.1 Å². The van der Waals surface area contributed by atoms with Crippen molar-refractivity contribution in [3.63, 3.8) is 0 Å². The van der Waals surface area contributed by atoms with Gasteiger partial charge in [0.25, 0.3) is 10.1 Å². The second-order valence-corrected chi connectivity index (χ2v) is 3.33. The number of aromatic hydroxyl groups is 1. The van der Waals surface area contributed by atoms with Crippen molar-refractivity contribution in [3.05, 3.63) is 24.3 Å². The summed E-state index contributed by atoms with van der Waals surface area (Å²) in [5.74, 6) is -0.449. The Morgan fingerprint density at radius 3 is 2.00 bits per heavy atom. The smallest absolute Gasteiger partial charge is 0.298 e. The van der Waals surface area contributed by atoms with Gasteiger partial charge >= 0.3 is 0 Å². The van der Waals surface area contributed by atoms with E-state index in [1.807, 2.05) is 0 Å². The summed E-state index contributed by atoms with van der Waals surface area (Å²) in [6.07, 6.45) is 0. The summed E-state index contributed by atoms with van der Waals surface area (Å²) >= 11 is 0. The minimum absolute atomic E-state index is 0. The van der Waals surface area contributed by atoms with E-state index in [1.54, 1.807) is 0 Å². The first kappa shape index (κ1) is 11.9. The average molecular weight is 197 g/mol. The van der Waals surface area contributed by atoms with Crippen LogP contribution in [0.25, 0.3) is 0 Å². The third kappa shape index (κ3) is 2.76. The standard InChI is InChI=1S/C6H6O4S.Na/c7-5-3-1-2-4-6(5)11(8,9)10;/h1-4,7H,(H,8,9,10);. The third-order valence-electron chi connectivity index (χ3n) is 1.14. The number of phenolic OH excluding ortho intramolecular Hbond substituents is 1. The number of para-hydroxylation sites is 1. The Bertz CT molecular complexity index is 360. The second-order valence-electron chi connectivity index (χ2n) is 1.94. The molecule has 61 valence electrons. The minimum atomic E-state index is -4.28. The molecule has 2 N–H and O–H groups in total. The van der Waals surface area contributed by atoms with Crippen LogP contribution in [0.5, 0.6) is 5.75 Å². The van der Waals surface area contributed by atoms with E-state index >= 15 is 0 Å².